The van der Waals surface area contributed by atoms with E-state index in [1.165, 1.54) is 0 Å². The van der Waals surface area contributed by atoms with Gasteiger partial charge in [0.15, 0.2) is 56.1 Å². The molecule has 116 heavy (non-hydrogen) atoms. The normalized spacial score (nSPS) is 13.9. The van der Waals surface area contributed by atoms with Gasteiger partial charge in [0.25, 0.3) is 0 Å². The second-order valence-corrected chi connectivity index (χ2v) is 29.5. The average molecular weight is 1660 g/mol. The highest BCUT2D eigenvalue weighted by Gasteiger charge is 2.53. The highest BCUT2D eigenvalue weighted by molar-refractivity contribution is 9.10. The standard InChI is InChI=1S/C36H22N12.C24H32B2O4.C20H14N4.2C4H3BrN2/c1-7-37-31(38-8-1)25-19-23(20-26(32-39-9-2-10-40-32)29(25)35-45-15-5-16-46-35)24-21-27(33-41-11-3-12-42-33)30(36-47-17-6-18-48-36)28(22-24)34-43-13-4-14-44-34;1-21(2)22(3,4)28-25(27-21)19-13-9-17(10-14-19)18-11-15-20(16-12-18)26-29-23(5,6)24(7,8)30-26;1-11-21-19(22-12-1)17-7-3-15(4-8-17)16-5-9-18(10-6-16)20-23-13-2-14-24-20;2*5-4-6-2-1-3-7-4/h1-22H;9-16H,1-8H3;1-14H;2*1-3H. The van der Waals surface area contributed by atoms with Crippen molar-refractivity contribution >= 4 is 57.0 Å². The molecule has 0 unspecified atom stereocenters. The average Bonchev–Trinajstić information content (AvgIpc) is 1.39. The Morgan fingerprint density at radius 2 is 0.379 bits per heavy atom. The number of aromatic nitrogens is 20. The summed E-state index contributed by atoms with van der Waals surface area (Å²) in [5.41, 5.74) is 13.2. The molecule has 2 saturated heterocycles. The Morgan fingerprint density at radius 3 is 0.578 bits per heavy atom. The van der Waals surface area contributed by atoms with Crippen LogP contribution >= 0.6 is 31.9 Å². The molecule has 0 N–H and O–H groups in total. The number of benzene rings is 6. The molecule has 2 aliphatic rings. The Bertz CT molecular complexity index is 5330. The molecule has 16 aromatic rings. The lowest BCUT2D eigenvalue weighted by atomic mass is 9.77. The molecule has 28 heteroatoms. The molecule has 0 amide bonds. The second kappa shape index (κ2) is 36.5. The van der Waals surface area contributed by atoms with Gasteiger partial charge < -0.3 is 18.6 Å². The fourth-order valence-electron chi connectivity index (χ4n) is 12.1. The summed E-state index contributed by atoms with van der Waals surface area (Å²) >= 11 is 6.18. The van der Waals surface area contributed by atoms with Crippen molar-refractivity contribution in [2.45, 2.75) is 77.8 Å². The van der Waals surface area contributed by atoms with Crippen molar-refractivity contribution in [2.24, 2.45) is 0 Å². The van der Waals surface area contributed by atoms with E-state index in [1.807, 2.05) is 60.7 Å². The Kier molecular flexibility index (Phi) is 25.0. The number of nitrogens with zero attached hydrogens (tertiary/aromatic N) is 20. The Hall–Kier alpha value is -13.0. The van der Waals surface area contributed by atoms with Gasteiger partial charge in [-0.1, -0.05) is 97.1 Å². The molecule has 12 heterocycles. The third-order valence-corrected chi connectivity index (χ3v) is 20.3. The maximum absolute atomic E-state index is 6.15. The van der Waals surface area contributed by atoms with Crippen LogP contribution in [0.5, 0.6) is 0 Å². The molecule has 0 saturated carbocycles. The lowest BCUT2D eigenvalue weighted by molar-refractivity contribution is 0.00578. The van der Waals surface area contributed by atoms with Crippen LogP contribution in [0.3, 0.4) is 0 Å². The zero-order valence-electron chi connectivity index (χ0n) is 64.4. The van der Waals surface area contributed by atoms with E-state index >= 15 is 0 Å². The molecule has 10 aromatic heterocycles. The van der Waals surface area contributed by atoms with E-state index in [0.29, 0.717) is 77.8 Å². The van der Waals surface area contributed by atoms with E-state index in [1.54, 1.807) is 172 Å². The zero-order chi connectivity index (χ0) is 80.5. The number of hydrogen-bond donors (Lipinski definition) is 0. The molecule has 0 aliphatic carbocycles. The first-order valence-electron chi connectivity index (χ1n) is 36.9. The predicted molar refractivity (Wildman–Crippen MR) is 455 cm³/mol. The van der Waals surface area contributed by atoms with Crippen LogP contribution < -0.4 is 10.9 Å². The van der Waals surface area contributed by atoms with Crippen LogP contribution in [0.2, 0.25) is 0 Å². The lowest BCUT2D eigenvalue weighted by Crippen LogP contribution is -2.41. The Balaban J connectivity index is 0.000000139. The largest absolute Gasteiger partial charge is 0.494 e. The minimum Gasteiger partial charge on any atom is -0.399 e. The van der Waals surface area contributed by atoms with Gasteiger partial charge in [-0.3, -0.25) is 0 Å². The van der Waals surface area contributed by atoms with Gasteiger partial charge in [0, 0.05) is 168 Å². The molecule has 18 rings (SSSR count). The van der Waals surface area contributed by atoms with Gasteiger partial charge in [0.1, 0.15) is 0 Å². The van der Waals surface area contributed by atoms with Gasteiger partial charge in [-0.2, -0.15) is 0 Å². The van der Waals surface area contributed by atoms with E-state index in [9.17, 15) is 0 Å². The number of rotatable bonds is 13. The van der Waals surface area contributed by atoms with Crippen molar-refractivity contribution in [3.05, 3.63) is 315 Å². The van der Waals surface area contributed by atoms with E-state index in [2.05, 4.69) is 260 Å². The third kappa shape index (κ3) is 19.3. The maximum atomic E-state index is 6.15. The van der Waals surface area contributed by atoms with Gasteiger partial charge in [-0.15, -0.1) is 0 Å². The molecule has 0 atom stereocenters. The summed E-state index contributed by atoms with van der Waals surface area (Å²) in [4.78, 5) is 87.7. The molecule has 0 bridgehead atoms. The zero-order valence-corrected chi connectivity index (χ0v) is 67.5. The summed E-state index contributed by atoms with van der Waals surface area (Å²) in [6.45, 7) is 16.6. The Labute approximate surface area is 688 Å². The highest BCUT2D eigenvalue weighted by Crippen LogP contribution is 2.45. The van der Waals surface area contributed by atoms with Gasteiger partial charge in [0.05, 0.1) is 22.4 Å². The first-order valence-corrected chi connectivity index (χ1v) is 38.4. The van der Waals surface area contributed by atoms with Crippen molar-refractivity contribution in [3.8, 4) is 124 Å². The van der Waals surface area contributed by atoms with Crippen LogP contribution in [0.15, 0.2) is 315 Å². The smallest absolute Gasteiger partial charge is 0.399 e. The summed E-state index contributed by atoms with van der Waals surface area (Å²) in [5.74, 6) is 4.42. The molecule has 6 aromatic carbocycles. The first kappa shape index (κ1) is 79.7. The van der Waals surface area contributed by atoms with Gasteiger partial charge in [-0.05, 0) is 216 Å². The maximum Gasteiger partial charge on any atom is 0.494 e. The lowest BCUT2D eigenvalue weighted by Gasteiger charge is -2.32. The molecule has 2 fully saturated rings. The van der Waals surface area contributed by atoms with Gasteiger partial charge in [-0.25, -0.2) is 99.7 Å². The quantitative estimate of drug-likeness (QED) is 0.0765. The highest BCUT2D eigenvalue weighted by atomic mass is 79.9. The number of halogens is 2. The molecule has 570 valence electrons. The van der Waals surface area contributed by atoms with Crippen LogP contribution in [-0.2, 0) is 18.6 Å². The van der Waals surface area contributed by atoms with Crippen molar-refractivity contribution in [1.29, 1.82) is 0 Å². The second-order valence-electron chi connectivity index (χ2n) is 28.1. The van der Waals surface area contributed by atoms with Crippen LogP contribution in [0.1, 0.15) is 55.4 Å². The summed E-state index contributed by atoms with van der Waals surface area (Å²) in [5, 5.41) is 0. The third-order valence-electron chi connectivity index (χ3n) is 19.4. The molecule has 2 aliphatic heterocycles. The number of hydrogen-bond acceptors (Lipinski definition) is 24. The fraction of sp³-hybridized carbons (Fsp3) is 0.136. The minimum atomic E-state index is -0.338. The Morgan fingerprint density at radius 1 is 0.207 bits per heavy atom. The van der Waals surface area contributed by atoms with E-state index < -0.39 is 0 Å². The minimum absolute atomic E-state index is 0.334. The van der Waals surface area contributed by atoms with Gasteiger partial charge in [0.2, 0.25) is 0 Å². The fourth-order valence-corrected chi connectivity index (χ4v) is 12.6. The SMILES string of the molecule is Brc1ncccn1.Brc1ncccn1.CC1(C)OB(c2ccc(-c3ccc(B4OC(C)(C)C(C)(C)O4)cc3)cc2)OC1(C)C.c1cnc(-c2cc(-c3cc(-c4ncccn4)c(-c4ncccn4)c(-c4ncccn4)c3)cc(-c3ncccn3)c2-c2ncccn2)nc1.c1cnc(-c2ccc(-c3ccc(-c4ncccn4)cc3)cc2)nc1. The molecule has 0 spiro atoms. The summed E-state index contributed by atoms with van der Waals surface area (Å²) in [6, 6.07) is 59.2. The summed E-state index contributed by atoms with van der Waals surface area (Å²) in [7, 11) is -0.676. The van der Waals surface area contributed by atoms with Crippen molar-refractivity contribution in [2.75, 3.05) is 0 Å². The van der Waals surface area contributed by atoms with Crippen LogP contribution in [0, 0.1) is 0 Å². The van der Waals surface area contributed by atoms with Crippen LogP contribution in [0.4, 0.5) is 0 Å². The molecular weight excluding hydrogens is 1580 g/mol. The topological polar surface area (TPSA) is 295 Å². The molecular formula is C88H74B2Br2N20O4. The van der Waals surface area contributed by atoms with Crippen LogP contribution in [-0.4, -0.2) is 136 Å². The molecule has 0 radical (unpaired) electrons. The summed E-state index contributed by atoms with van der Waals surface area (Å²) < 4.78 is 25.9. The van der Waals surface area contributed by atoms with Crippen molar-refractivity contribution in [3.63, 3.8) is 0 Å². The first-order chi connectivity index (χ1) is 56.3. The summed E-state index contributed by atoms with van der Waals surface area (Å²) in [6.07, 6.45) is 34.1. The van der Waals surface area contributed by atoms with E-state index in [4.69, 9.17) is 18.6 Å². The molecule has 24 nitrogen and oxygen atoms in total. The van der Waals surface area contributed by atoms with Crippen LogP contribution in [0.25, 0.3) is 124 Å². The van der Waals surface area contributed by atoms with Gasteiger partial charge >= 0.3 is 14.2 Å². The van der Waals surface area contributed by atoms with Crippen molar-refractivity contribution in [1.82, 2.24) is 99.7 Å². The van der Waals surface area contributed by atoms with E-state index in [0.717, 1.165) is 67.1 Å². The van der Waals surface area contributed by atoms with E-state index in [-0.39, 0.29) is 36.6 Å². The van der Waals surface area contributed by atoms with Crippen molar-refractivity contribution < 1.29 is 18.6 Å². The monoisotopic (exact) mass is 1650 g/mol. The predicted octanol–water partition coefficient (Wildman–Crippen LogP) is 16.8.